The predicted octanol–water partition coefficient (Wildman–Crippen LogP) is 1.22. The number of nitrogens with zero attached hydrogens (tertiary/aromatic N) is 1. The van der Waals surface area contributed by atoms with Crippen molar-refractivity contribution in [1.29, 1.82) is 0 Å². The van der Waals surface area contributed by atoms with Crippen molar-refractivity contribution < 1.29 is 0 Å². The average molecular weight is 168 g/mol. The van der Waals surface area contributed by atoms with Crippen molar-refractivity contribution in [2.45, 2.75) is 44.2 Å². The van der Waals surface area contributed by atoms with Gasteiger partial charge in [0.15, 0.2) is 0 Å². The Bertz CT molecular complexity index is 141. The minimum Gasteiger partial charge on any atom is -0.317 e. The molecule has 2 heteroatoms. The molecule has 1 aliphatic heterocycles. The van der Waals surface area contributed by atoms with E-state index in [9.17, 15) is 0 Å². The molecule has 0 radical (unpaired) electrons. The van der Waals surface area contributed by atoms with Crippen LogP contribution in [0.1, 0.15) is 32.1 Å². The van der Waals surface area contributed by atoms with Crippen molar-refractivity contribution in [3.8, 4) is 0 Å². The zero-order valence-electron chi connectivity index (χ0n) is 8.05. The lowest BCUT2D eigenvalue weighted by atomic mass is 10.2. The quantitative estimate of drug-likeness (QED) is 0.667. The van der Waals surface area contributed by atoms with Crippen molar-refractivity contribution in [2.75, 3.05) is 20.1 Å². The van der Waals surface area contributed by atoms with E-state index in [4.69, 9.17) is 0 Å². The Morgan fingerprint density at radius 3 is 2.50 bits per heavy atom. The summed E-state index contributed by atoms with van der Waals surface area (Å²) in [7, 11) is 2.09. The Kier molecular flexibility index (Phi) is 2.66. The zero-order chi connectivity index (χ0) is 8.39. The second-order valence-corrected chi connectivity index (χ2v) is 4.20. The van der Waals surface area contributed by atoms with Gasteiger partial charge in [-0.1, -0.05) is 0 Å². The minimum atomic E-state index is 0.801. The van der Waals surface area contributed by atoms with Crippen LogP contribution >= 0.6 is 0 Å². The first-order valence-electron chi connectivity index (χ1n) is 5.31. The van der Waals surface area contributed by atoms with Gasteiger partial charge < -0.3 is 10.2 Å². The van der Waals surface area contributed by atoms with Crippen LogP contribution in [-0.2, 0) is 0 Å². The fraction of sp³-hybridized carbons (Fsp3) is 1.00. The van der Waals surface area contributed by atoms with E-state index in [-0.39, 0.29) is 0 Å². The Labute approximate surface area is 75.3 Å². The minimum absolute atomic E-state index is 0.801. The number of likely N-dealkylation sites (tertiary alicyclic amines) is 1. The maximum atomic E-state index is 3.39. The van der Waals surface area contributed by atoms with E-state index in [0.717, 1.165) is 12.1 Å². The van der Waals surface area contributed by atoms with Crippen LogP contribution < -0.4 is 5.32 Å². The van der Waals surface area contributed by atoms with Gasteiger partial charge in [-0.2, -0.15) is 0 Å². The highest BCUT2D eigenvalue weighted by atomic mass is 15.2. The zero-order valence-corrected chi connectivity index (χ0v) is 8.05. The second-order valence-electron chi connectivity index (χ2n) is 4.20. The molecule has 2 unspecified atom stereocenters. The molecule has 2 nitrogen and oxygen atoms in total. The van der Waals surface area contributed by atoms with Crippen molar-refractivity contribution in [3.63, 3.8) is 0 Å². The number of nitrogens with one attached hydrogen (secondary N) is 1. The van der Waals surface area contributed by atoms with Gasteiger partial charge in [0.2, 0.25) is 0 Å². The Hall–Kier alpha value is -0.0800. The third-order valence-corrected chi connectivity index (χ3v) is 3.47. The van der Waals surface area contributed by atoms with Crippen LogP contribution in [-0.4, -0.2) is 37.1 Å². The molecule has 2 fully saturated rings. The number of hydrogen-bond donors (Lipinski definition) is 1. The van der Waals surface area contributed by atoms with E-state index in [1.165, 1.54) is 45.2 Å². The molecule has 0 spiro atoms. The van der Waals surface area contributed by atoms with Gasteiger partial charge in [0.05, 0.1) is 0 Å². The van der Waals surface area contributed by atoms with Crippen LogP contribution in [0.3, 0.4) is 0 Å². The molecule has 2 aliphatic rings. The Balaban J connectivity index is 1.81. The monoisotopic (exact) mass is 168 g/mol. The smallest absolute Gasteiger partial charge is 0.0111 e. The van der Waals surface area contributed by atoms with Gasteiger partial charge in [-0.3, -0.25) is 0 Å². The molecule has 2 atom stereocenters. The van der Waals surface area contributed by atoms with Gasteiger partial charge in [-0.25, -0.2) is 0 Å². The largest absolute Gasteiger partial charge is 0.317 e. The van der Waals surface area contributed by atoms with E-state index in [1.54, 1.807) is 0 Å². The van der Waals surface area contributed by atoms with Crippen molar-refractivity contribution in [2.24, 2.45) is 0 Å². The summed E-state index contributed by atoms with van der Waals surface area (Å²) < 4.78 is 0. The third-order valence-electron chi connectivity index (χ3n) is 3.47. The lowest BCUT2D eigenvalue weighted by Gasteiger charge is -2.23. The molecular formula is C10H20N2. The van der Waals surface area contributed by atoms with Crippen molar-refractivity contribution in [3.05, 3.63) is 0 Å². The molecule has 12 heavy (non-hydrogen) atoms. The Morgan fingerprint density at radius 1 is 1.17 bits per heavy atom. The summed E-state index contributed by atoms with van der Waals surface area (Å²) in [4.78, 5) is 2.69. The van der Waals surface area contributed by atoms with Gasteiger partial charge in [0.25, 0.3) is 0 Å². The van der Waals surface area contributed by atoms with E-state index >= 15 is 0 Å². The van der Waals surface area contributed by atoms with Crippen molar-refractivity contribution in [1.82, 2.24) is 10.2 Å². The van der Waals surface area contributed by atoms with Crippen LogP contribution in [0.4, 0.5) is 0 Å². The van der Waals surface area contributed by atoms with E-state index in [2.05, 4.69) is 17.3 Å². The van der Waals surface area contributed by atoms with Gasteiger partial charge in [-0.05, 0) is 52.2 Å². The van der Waals surface area contributed by atoms with Gasteiger partial charge in [0.1, 0.15) is 0 Å². The highest BCUT2D eigenvalue weighted by Crippen LogP contribution is 2.26. The molecule has 1 heterocycles. The Morgan fingerprint density at radius 2 is 1.92 bits per heavy atom. The first-order valence-corrected chi connectivity index (χ1v) is 5.31. The van der Waals surface area contributed by atoms with Gasteiger partial charge >= 0.3 is 0 Å². The molecular weight excluding hydrogens is 148 g/mol. The molecule has 0 bridgehead atoms. The van der Waals surface area contributed by atoms with E-state index < -0.39 is 0 Å². The fourth-order valence-corrected chi connectivity index (χ4v) is 2.66. The molecule has 0 amide bonds. The second kappa shape index (κ2) is 3.75. The lowest BCUT2D eigenvalue weighted by Crippen LogP contribution is -2.32. The summed E-state index contributed by atoms with van der Waals surface area (Å²) >= 11 is 0. The van der Waals surface area contributed by atoms with Gasteiger partial charge in [0, 0.05) is 12.1 Å². The third kappa shape index (κ3) is 1.64. The van der Waals surface area contributed by atoms with E-state index in [0.29, 0.717) is 0 Å². The maximum Gasteiger partial charge on any atom is 0.0111 e. The van der Waals surface area contributed by atoms with Crippen LogP contribution in [0.25, 0.3) is 0 Å². The molecule has 1 N–H and O–H groups in total. The summed E-state index contributed by atoms with van der Waals surface area (Å²) in [6, 6.07) is 1.71. The van der Waals surface area contributed by atoms with Gasteiger partial charge in [-0.15, -0.1) is 0 Å². The molecule has 1 saturated heterocycles. The molecule has 1 aliphatic carbocycles. The topological polar surface area (TPSA) is 15.3 Å². The predicted molar refractivity (Wildman–Crippen MR) is 51.3 cm³/mol. The van der Waals surface area contributed by atoms with Crippen LogP contribution in [0.2, 0.25) is 0 Å². The summed E-state index contributed by atoms with van der Waals surface area (Å²) in [5, 5.41) is 3.39. The highest BCUT2D eigenvalue weighted by molar-refractivity contribution is 4.87. The molecule has 0 aromatic carbocycles. The lowest BCUT2D eigenvalue weighted by molar-refractivity contribution is 0.243. The summed E-state index contributed by atoms with van der Waals surface area (Å²) in [5.74, 6) is 0. The average Bonchev–Trinajstić information content (AvgIpc) is 2.75. The number of hydrogen-bond acceptors (Lipinski definition) is 2. The fourth-order valence-electron chi connectivity index (χ4n) is 2.66. The normalized spacial score (nSPS) is 37.8. The summed E-state index contributed by atoms with van der Waals surface area (Å²) in [6.07, 6.45) is 7.06. The van der Waals surface area contributed by atoms with Crippen LogP contribution in [0, 0.1) is 0 Å². The first-order chi connectivity index (χ1) is 5.90. The molecule has 1 saturated carbocycles. The maximum absolute atomic E-state index is 3.39. The van der Waals surface area contributed by atoms with Crippen molar-refractivity contribution >= 4 is 0 Å². The molecule has 2 rings (SSSR count). The van der Waals surface area contributed by atoms with Crippen LogP contribution in [0.15, 0.2) is 0 Å². The summed E-state index contributed by atoms with van der Waals surface area (Å²) in [5.41, 5.74) is 0. The standard InChI is InChI=1S/C10H20N2/c1-11-9-4-5-10(8-9)12-6-2-3-7-12/h9-11H,2-8H2,1H3. The summed E-state index contributed by atoms with van der Waals surface area (Å²) in [6.45, 7) is 2.72. The molecule has 70 valence electrons. The number of rotatable bonds is 2. The molecule has 0 aromatic heterocycles. The van der Waals surface area contributed by atoms with Crippen LogP contribution in [0.5, 0.6) is 0 Å². The molecule has 0 aromatic rings. The van der Waals surface area contributed by atoms with E-state index in [1.807, 2.05) is 0 Å². The first kappa shape index (κ1) is 8.52. The highest BCUT2D eigenvalue weighted by Gasteiger charge is 2.29. The SMILES string of the molecule is CNC1CCC(N2CCCC2)C1.